The summed E-state index contributed by atoms with van der Waals surface area (Å²) in [4.78, 5) is 14.3. The van der Waals surface area contributed by atoms with Crippen molar-refractivity contribution in [2.75, 3.05) is 51.4 Å². The van der Waals surface area contributed by atoms with E-state index >= 15 is 8.78 Å². The Hall–Kier alpha value is -4.24. The fraction of sp³-hybridized carbons (Fsp3) is 0.459. The minimum atomic E-state index is -0.690. The zero-order valence-electron chi connectivity index (χ0n) is 26.8. The van der Waals surface area contributed by atoms with Crippen LogP contribution >= 0.6 is 0 Å². The van der Waals surface area contributed by atoms with Gasteiger partial charge in [-0.25, -0.2) is 8.78 Å². The molecular formula is C37H37F2N5O4. The molecule has 4 aromatic rings. The number of phenolic OH excluding ortho intramolecular Hbond substituents is 1. The van der Waals surface area contributed by atoms with Crippen molar-refractivity contribution in [2.45, 2.75) is 56.3 Å². The van der Waals surface area contributed by atoms with Crippen molar-refractivity contribution in [3.63, 3.8) is 0 Å². The van der Waals surface area contributed by atoms with Crippen LogP contribution in [0.4, 0.5) is 14.6 Å². The number of hydrogen-bond acceptors (Lipinski definition) is 9. The SMILES string of the molecule is C#Cc1c(F)ccc2cc(O)cc(-c3c(OC)cc4c(N5CC6CCC(C5)N6)nc(OCC5(CN6C[C@H]7C[C@@H]6CO7)CC5)nc4c3F)c12. The average molecular weight is 654 g/mol. The first-order chi connectivity index (χ1) is 23.3. The monoisotopic (exact) mass is 653 g/mol. The second-order valence-corrected chi connectivity index (χ2v) is 14.3. The second kappa shape index (κ2) is 11.2. The van der Waals surface area contributed by atoms with Crippen molar-refractivity contribution in [3.8, 4) is 41.0 Å². The van der Waals surface area contributed by atoms with E-state index in [2.05, 4.69) is 21.0 Å². The first-order valence-electron chi connectivity index (χ1n) is 16.8. The molecule has 5 aliphatic rings. The smallest absolute Gasteiger partial charge is 0.319 e. The molecule has 4 bridgehead atoms. The Bertz CT molecular complexity index is 2000. The minimum absolute atomic E-state index is 0.0108. The predicted octanol–water partition coefficient (Wildman–Crippen LogP) is 5.00. The molecule has 9 rings (SSSR count). The highest BCUT2D eigenvalue weighted by atomic mass is 19.1. The molecule has 0 radical (unpaired) electrons. The third-order valence-electron chi connectivity index (χ3n) is 11.1. The van der Waals surface area contributed by atoms with Crippen LogP contribution < -0.4 is 19.7 Å². The molecule has 2 N–H and O–H groups in total. The van der Waals surface area contributed by atoms with Gasteiger partial charge in [0.05, 0.1) is 37.6 Å². The maximum Gasteiger partial charge on any atom is 0.319 e. The van der Waals surface area contributed by atoms with E-state index in [1.807, 2.05) is 0 Å². The molecule has 2 unspecified atom stereocenters. The Balaban J connectivity index is 1.17. The van der Waals surface area contributed by atoms with E-state index in [9.17, 15) is 5.11 Å². The van der Waals surface area contributed by atoms with Crippen LogP contribution in [0.1, 0.15) is 37.7 Å². The van der Waals surface area contributed by atoms with E-state index in [4.69, 9.17) is 30.6 Å². The molecule has 9 nitrogen and oxygen atoms in total. The van der Waals surface area contributed by atoms with Crippen molar-refractivity contribution < 1.29 is 28.1 Å². The number of methoxy groups -OCH3 is 1. The quantitative estimate of drug-likeness (QED) is 0.255. The van der Waals surface area contributed by atoms with E-state index < -0.39 is 11.6 Å². The molecule has 1 aromatic heterocycles. The number of halogens is 2. The second-order valence-electron chi connectivity index (χ2n) is 14.3. The molecule has 3 aromatic carbocycles. The average Bonchev–Trinajstić information content (AvgIpc) is 3.34. The summed E-state index contributed by atoms with van der Waals surface area (Å²) in [7, 11) is 1.45. The van der Waals surface area contributed by atoms with Crippen molar-refractivity contribution in [1.29, 1.82) is 0 Å². The fourth-order valence-corrected chi connectivity index (χ4v) is 8.46. The number of likely N-dealkylation sites (tertiary alicyclic amines) is 1. The number of ether oxygens (including phenoxy) is 3. The first kappa shape index (κ1) is 29.9. The summed E-state index contributed by atoms with van der Waals surface area (Å²) < 4.78 is 50.2. The maximum atomic E-state index is 17.2. The van der Waals surface area contributed by atoms with Gasteiger partial charge < -0.3 is 29.5 Å². The number of nitrogens with zero attached hydrogens (tertiary/aromatic N) is 4. The summed E-state index contributed by atoms with van der Waals surface area (Å²) in [6.07, 6.45) is 11.4. The van der Waals surface area contributed by atoms with Crippen LogP contribution in [0, 0.1) is 29.4 Å². The number of hydrogen-bond donors (Lipinski definition) is 2. The van der Waals surface area contributed by atoms with Gasteiger partial charge >= 0.3 is 6.01 Å². The number of piperazine rings is 1. The molecule has 5 heterocycles. The van der Waals surface area contributed by atoms with Gasteiger partial charge in [0, 0.05) is 66.1 Å². The third kappa shape index (κ3) is 4.92. The molecule has 248 valence electrons. The van der Waals surface area contributed by atoms with E-state index in [0.29, 0.717) is 52.8 Å². The van der Waals surface area contributed by atoms with E-state index in [1.165, 1.54) is 31.4 Å². The topological polar surface area (TPSA) is 92.2 Å². The Kier molecular flexibility index (Phi) is 6.94. The van der Waals surface area contributed by atoms with Crippen molar-refractivity contribution in [2.24, 2.45) is 5.41 Å². The standard InChI is InChI=1S/C37H37F2N5O4/c1-3-26-29(38)7-4-20-10-24(45)12-27(31(20)26)32-30(46-2)13-28-34(33(32)39)41-36(42-35(28)43-14-21-5-6-22(15-43)40-21)48-19-37(8-9-37)18-44-16-25-11-23(44)17-47-25/h1,4,7,10,12-13,21-23,25,40,45H,5-6,8-9,11,14-19H2,2H3/t21?,22?,23-,25-/m1/s1. The summed E-state index contributed by atoms with van der Waals surface area (Å²) >= 11 is 0. The molecule has 48 heavy (non-hydrogen) atoms. The number of morpholine rings is 1. The van der Waals surface area contributed by atoms with Gasteiger partial charge in [-0.3, -0.25) is 4.90 Å². The van der Waals surface area contributed by atoms with Crippen LogP contribution in [-0.2, 0) is 4.74 Å². The third-order valence-corrected chi connectivity index (χ3v) is 11.1. The van der Waals surface area contributed by atoms with E-state index in [0.717, 1.165) is 64.9 Å². The first-order valence-corrected chi connectivity index (χ1v) is 16.8. The molecule has 5 fully saturated rings. The van der Waals surface area contributed by atoms with Gasteiger partial charge in [-0.1, -0.05) is 12.0 Å². The van der Waals surface area contributed by atoms with Crippen LogP contribution in [0.3, 0.4) is 0 Å². The number of benzene rings is 3. The maximum absolute atomic E-state index is 17.2. The Morgan fingerprint density at radius 2 is 1.94 bits per heavy atom. The number of phenols is 1. The highest BCUT2D eigenvalue weighted by Gasteiger charge is 2.49. The lowest BCUT2D eigenvalue weighted by Crippen LogP contribution is -2.51. The van der Waals surface area contributed by atoms with Crippen molar-refractivity contribution in [1.82, 2.24) is 20.2 Å². The zero-order valence-corrected chi connectivity index (χ0v) is 26.8. The Morgan fingerprint density at radius 1 is 1.12 bits per heavy atom. The number of terminal acetylenes is 1. The lowest BCUT2D eigenvalue weighted by Gasteiger charge is -2.34. The van der Waals surface area contributed by atoms with Crippen LogP contribution in [-0.4, -0.2) is 90.7 Å². The number of aromatic nitrogens is 2. The summed E-state index contributed by atoms with van der Waals surface area (Å²) in [6, 6.07) is 8.56. The zero-order chi connectivity index (χ0) is 32.7. The molecule has 4 aliphatic heterocycles. The number of aromatic hydroxyl groups is 1. The summed E-state index contributed by atoms with van der Waals surface area (Å²) in [5.41, 5.74) is 0.272. The summed E-state index contributed by atoms with van der Waals surface area (Å²) in [6.45, 7) is 4.57. The van der Waals surface area contributed by atoms with Gasteiger partial charge in [0.25, 0.3) is 0 Å². The molecule has 4 atom stereocenters. The highest BCUT2D eigenvalue weighted by Crippen LogP contribution is 2.49. The lowest BCUT2D eigenvalue weighted by molar-refractivity contribution is 0.0176. The lowest BCUT2D eigenvalue weighted by atomic mass is 9.92. The number of fused-ring (bicyclic) bond motifs is 6. The summed E-state index contributed by atoms with van der Waals surface area (Å²) in [5, 5.41) is 15.6. The predicted molar refractivity (Wildman–Crippen MR) is 178 cm³/mol. The molecule has 0 spiro atoms. The van der Waals surface area contributed by atoms with Gasteiger partial charge in [-0.05, 0) is 61.8 Å². The number of nitrogens with one attached hydrogen (secondary N) is 1. The fourth-order valence-electron chi connectivity index (χ4n) is 8.46. The van der Waals surface area contributed by atoms with Crippen LogP contribution in [0.2, 0.25) is 0 Å². The Labute approximate surface area is 277 Å². The van der Waals surface area contributed by atoms with Gasteiger partial charge in [0.2, 0.25) is 0 Å². The van der Waals surface area contributed by atoms with Gasteiger partial charge in [0.1, 0.15) is 28.7 Å². The van der Waals surface area contributed by atoms with Gasteiger partial charge in [-0.15, -0.1) is 6.42 Å². The molecular weight excluding hydrogens is 616 g/mol. The molecule has 11 heteroatoms. The van der Waals surface area contributed by atoms with E-state index in [-0.39, 0.29) is 45.1 Å². The van der Waals surface area contributed by atoms with Gasteiger partial charge in [-0.2, -0.15) is 9.97 Å². The summed E-state index contributed by atoms with van der Waals surface area (Å²) in [5.74, 6) is 1.77. The highest BCUT2D eigenvalue weighted by molar-refractivity contribution is 6.05. The molecule has 1 aliphatic carbocycles. The largest absolute Gasteiger partial charge is 0.508 e. The normalized spacial score (nSPS) is 25.6. The minimum Gasteiger partial charge on any atom is -0.508 e. The number of anilines is 1. The van der Waals surface area contributed by atoms with Gasteiger partial charge in [0.15, 0.2) is 5.82 Å². The number of rotatable bonds is 8. The van der Waals surface area contributed by atoms with Crippen molar-refractivity contribution >= 4 is 27.5 Å². The van der Waals surface area contributed by atoms with Crippen molar-refractivity contribution in [3.05, 3.63) is 47.5 Å². The van der Waals surface area contributed by atoms with Crippen LogP contribution in [0.15, 0.2) is 30.3 Å². The van der Waals surface area contributed by atoms with Crippen LogP contribution in [0.5, 0.6) is 17.5 Å². The Morgan fingerprint density at radius 3 is 2.62 bits per heavy atom. The molecule has 1 saturated carbocycles. The molecule has 4 saturated heterocycles. The molecule has 0 amide bonds. The van der Waals surface area contributed by atoms with E-state index in [1.54, 1.807) is 6.07 Å². The van der Waals surface area contributed by atoms with Crippen LogP contribution in [0.25, 0.3) is 32.8 Å².